The molecule has 0 spiro atoms. The van der Waals surface area contributed by atoms with Gasteiger partial charge in [-0.15, -0.1) is 5.10 Å². The smallest absolute Gasteiger partial charge is 0.265 e. The molecule has 27 heavy (non-hydrogen) atoms. The van der Waals surface area contributed by atoms with Gasteiger partial charge in [0.15, 0.2) is 5.82 Å². The lowest BCUT2D eigenvalue weighted by Gasteiger charge is -2.13. The second kappa shape index (κ2) is 7.63. The van der Waals surface area contributed by atoms with Crippen LogP contribution in [0.2, 0.25) is 0 Å². The monoisotopic (exact) mass is 384 g/mol. The molecule has 1 aromatic heterocycles. The third kappa shape index (κ3) is 4.53. The van der Waals surface area contributed by atoms with Crippen molar-refractivity contribution in [1.82, 2.24) is 10.2 Å². The van der Waals surface area contributed by atoms with Crippen molar-refractivity contribution in [2.24, 2.45) is 0 Å². The van der Waals surface area contributed by atoms with E-state index < -0.39 is 10.0 Å². The van der Waals surface area contributed by atoms with Crippen LogP contribution in [-0.4, -0.2) is 25.7 Å². The number of anilines is 3. The number of methoxy groups -OCH3 is 1. The Kier molecular flexibility index (Phi) is 5.27. The summed E-state index contributed by atoms with van der Waals surface area (Å²) < 4.78 is 33.2. The molecular formula is C19H20N4O3S. The number of ether oxygens (including phenoxy) is 1. The Bertz CT molecular complexity index is 1030. The van der Waals surface area contributed by atoms with Crippen molar-refractivity contribution in [3.63, 3.8) is 0 Å². The molecule has 0 radical (unpaired) electrons. The summed E-state index contributed by atoms with van der Waals surface area (Å²) in [5, 5.41) is 11.1. The van der Waals surface area contributed by atoms with Crippen molar-refractivity contribution in [3.8, 4) is 5.75 Å². The van der Waals surface area contributed by atoms with E-state index in [0.717, 1.165) is 16.9 Å². The maximum atomic E-state index is 12.7. The molecule has 0 aliphatic heterocycles. The molecule has 0 bridgehead atoms. The van der Waals surface area contributed by atoms with E-state index in [1.165, 1.54) is 7.11 Å². The van der Waals surface area contributed by atoms with Crippen LogP contribution in [0.4, 0.5) is 17.2 Å². The topological polar surface area (TPSA) is 93.2 Å². The van der Waals surface area contributed by atoms with Crippen LogP contribution in [-0.2, 0) is 10.0 Å². The molecule has 3 aromatic rings. The highest BCUT2D eigenvalue weighted by atomic mass is 32.2. The molecule has 0 fully saturated rings. The molecule has 0 amide bonds. The number of nitrogens with zero attached hydrogens (tertiary/aromatic N) is 2. The van der Waals surface area contributed by atoms with Crippen LogP contribution in [0, 0.1) is 13.8 Å². The summed E-state index contributed by atoms with van der Waals surface area (Å²) in [7, 11) is -2.33. The summed E-state index contributed by atoms with van der Waals surface area (Å²) >= 11 is 0. The maximum absolute atomic E-state index is 12.7. The van der Waals surface area contributed by atoms with Crippen molar-refractivity contribution in [2.45, 2.75) is 18.7 Å². The number of benzene rings is 2. The molecule has 3 rings (SSSR count). The van der Waals surface area contributed by atoms with Crippen LogP contribution >= 0.6 is 0 Å². The van der Waals surface area contributed by atoms with Gasteiger partial charge in [0, 0.05) is 11.4 Å². The molecule has 0 aliphatic carbocycles. The van der Waals surface area contributed by atoms with E-state index in [9.17, 15) is 8.42 Å². The number of hydrogen-bond acceptors (Lipinski definition) is 6. The average Bonchev–Trinajstić information content (AvgIpc) is 2.65. The van der Waals surface area contributed by atoms with E-state index in [2.05, 4.69) is 20.2 Å². The summed E-state index contributed by atoms with van der Waals surface area (Å²) in [5.41, 5.74) is 2.87. The molecule has 2 aromatic carbocycles. The van der Waals surface area contributed by atoms with Crippen molar-refractivity contribution in [3.05, 3.63) is 65.9 Å². The van der Waals surface area contributed by atoms with Gasteiger partial charge in [-0.2, -0.15) is 5.10 Å². The lowest BCUT2D eigenvalue weighted by molar-refractivity contribution is 0.402. The Morgan fingerprint density at radius 3 is 2.22 bits per heavy atom. The third-order valence-corrected chi connectivity index (χ3v) is 5.22. The fraction of sp³-hybridized carbons (Fsp3) is 0.158. The number of sulfonamides is 1. The van der Waals surface area contributed by atoms with E-state index in [-0.39, 0.29) is 4.90 Å². The highest BCUT2D eigenvalue weighted by molar-refractivity contribution is 7.92. The lowest BCUT2D eigenvalue weighted by atomic mass is 10.2. The summed E-state index contributed by atoms with van der Waals surface area (Å²) in [4.78, 5) is 0.0992. The van der Waals surface area contributed by atoms with Gasteiger partial charge in [0.05, 0.1) is 12.8 Å². The Morgan fingerprint density at radius 2 is 1.59 bits per heavy atom. The highest BCUT2D eigenvalue weighted by Crippen LogP contribution is 2.27. The summed E-state index contributed by atoms with van der Waals surface area (Å²) in [6.07, 6.45) is 0. The first kappa shape index (κ1) is 18.7. The van der Waals surface area contributed by atoms with Crippen LogP contribution in [0.3, 0.4) is 0 Å². The van der Waals surface area contributed by atoms with Crippen molar-refractivity contribution < 1.29 is 13.2 Å². The quantitative estimate of drug-likeness (QED) is 0.674. The van der Waals surface area contributed by atoms with Crippen molar-refractivity contribution in [1.29, 1.82) is 0 Å². The average molecular weight is 384 g/mol. The minimum Gasteiger partial charge on any atom is -0.495 e. The van der Waals surface area contributed by atoms with Crippen LogP contribution in [0.1, 0.15) is 11.3 Å². The van der Waals surface area contributed by atoms with Gasteiger partial charge < -0.3 is 10.1 Å². The van der Waals surface area contributed by atoms with Crippen LogP contribution in [0.5, 0.6) is 5.75 Å². The Morgan fingerprint density at radius 1 is 0.889 bits per heavy atom. The minimum atomic E-state index is -3.77. The molecule has 0 atom stereocenters. The zero-order valence-corrected chi connectivity index (χ0v) is 16.0. The minimum absolute atomic E-state index is 0.0992. The standard InChI is InChI=1S/C19H20N4O3S/c1-13-4-10-17(26-3)18(12-13)27(24,25)23-16-8-6-15(7-9-16)20-19-11-5-14(2)21-22-19/h4-12,23H,1-3H3,(H,20,22). The summed E-state index contributed by atoms with van der Waals surface area (Å²) in [6, 6.07) is 15.5. The zero-order valence-electron chi connectivity index (χ0n) is 15.2. The van der Waals surface area contributed by atoms with Gasteiger partial charge in [-0.3, -0.25) is 4.72 Å². The fourth-order valence-electron chi connectivity index (χ4n) is 2.44. The molecule has 0 unspecified atom stereocenters. The maximum Gasteiger partial charge on any atom is 0.265 e. The van der Waals surface area contributed by atoms with Gasteiger partial charge in [-0.25, -0.2) is 8.42 Å². The third-order valence-electron chi connectivity index (χ3n) is 3.82. The normalized spacial score (nSPS) is 11.1. The van der Waals surface area contributed by atoms with E-state index in [1.807, 2.05) is 26.0 Å². The van der Waals surface area contributed by atoms with Crippen molar-refractivity contribution >= 4 is 27.2 Å². The number of rotatable bonds is 6. The predicted octanol–water partition coefficient (Wildman–Crippen LogP) is 3.65. The van der Waals surface area contributed by atoms with Gasteiger partial charge in [-0.1, -0.05) is 6.07 Å². The number of nitrogens with one attached hydrogen (secondary N) is 2. The van der Waals surface area contributed by atoms with Gasteiger partial charge in [-0.05, 0) is 67.9 Å². The lowest BCUT2D eigenvalue weighted by Crippen LogP contribution is -2.14. The van der Waals surface area contributed by atoms with Crippen molar-refractivity contribution in [2.75, 3.05) is 17.1 Å². The second-order valence-corrected chi connectivity index (χ2v) is 7.67. The van der Waals surface area contributed by atoms with Gasteiger partial charge in [0.2, 0.25) is 0 Å². The Labute approximate surface area is 158 Å². The number of aromatic nitrogens is 2. The predicted molar refractivity (Wildman–Crippen MR) is 105 cm³/mol. The molecule has 1 heterocycles. The van der Waals surface area contributed by atoms with Crippen LogP contribution in [0.25, 0.3) is 0 Å². The Balaban J connectivity index is 1.77. The van der Waals surface area contributed by atoms with E-state index in [4.69, 9.17) is 4.74 Å². The van der Waals surface area contributed by atoms with E-state index in [1.54, 1.807) is 42.5 Å². The first-order valence-corrected chi connectivity index (χ1v) is 9.70. The molecule has 140 valence electrons. The summed E-state index contributed by atoms with van der Waals surface area (Å²) in [6.45, 7) is 3.69. The fourth-order valence-corrected chi connectivity index (χ4v) is 3.75. The summed E-state index contributed by atoms with van der Waals surface area (Å²) in [5.74, 6) is 0.905. The molecular weight excluding hydrogens is 364 g/mol. The van der Waals surface area contributed by atoms with Crippen LogP contribution < -0.4 is 14.8 Å². The largest absolute Gasteiger partial charge is 0.495 e. The molecule has 8 heteroatoms. The molecule has 0 saturated heterocycles. The number of aryl methyl sites for hydroxylation is 2. The van der Waals surface area contributed by atoms with Crippen LogP contribution in [0.15, 0.2) is 59.5 Å². The SMILES string of the molecule is COc1ccc(C)cc1S(=O)(=O)Nc1ccc(Nc2ccc(C)nn2)cc1. The van der Waals surface area contributed by atoms with E-state index in [0.29, 0.717) is 17.3 Å². The first-order chi connectivity index (χ1) is 12.9. The van der Waals surface area contributed by atoms with Gasteiger partial charge in [0.25, 0.3) is 10.0 Å². The Hall–Kier alpha value is -3.13. The molecule has 0 saturated carbocycles. The second-order valence-electron chi connectivity index (χ2n) is 6.02. The van der Waals surface area contributed by atoms with Gasteiger partial charge in [0.1, 0.15) is 10.6 Å². The zero-order chi connectivity index (χ0) is 19.4. The first-order valence-electron chi connectivity index (χ1n) is 8.22. The van der Waals surface area contributed by atoms with E-state index >= 15 is 0 Å². The highest BCUT2D eigenvalue weighted by Gasteiger charge is 2.19. The molecule has 0 aliphatic rings. The van der Waals surface area contributed by atoms with Gasteiger partial charge >= 0.3 is 0 Å². The molecule has 2 N–H and O–H groups in total. The number of hydrogen-bond donors (Lipinski definition) is 2. The molecule has 7 nitrogen and oxygen atoms in total.